The van der Waals surface area contributed by atoms with Crippen molar-refractivity contribution < 1.29 is 17.9 Å². The first-order valence-corrected chi connectivity index (χ1v) is 14.6. The van der Waals surface area contributed by atoms with Crippen molar-refractivity contribution in [2.45, 2.75) is 51.0 Å². The highest BCUT2D eigenvalue weighted by molar-refractivity contribution is 5.78. The maximum Gasteiger partial charge on any atom is 0.296 e. The Labute approximate surface area is 232 Å². The first-order chi connectivity index (χ1) is 19.6. The number of fused-ring (bicyclic) bond motifs is 1. The van der Waals surface area contributed by atoms with E-state index in [2.05, 4.69) is 20.1 Å². The topological polar surface area (TPSA) is 71.3 Å². The molecule has 40 heavy (non-hydrogen) atoms. The maximum absolute atomic E-state index is 14.1. The van der Waals surface area contributed by atoms with Crippen molar-refractivity contribution in [2.75, 3.05) is 62.8 Å². The van der Waals surface area contributed by atoms with Gasteiger partial charge in [0.2, 0.25) is 5.95 Å². The smallest absolute Gasteiger partial charge is 0.296 e. The number of benzene rings is 1. The van der Waals surface area contributed by atoms with E-state index in [-0.39, 0.29) is 12.5 Å². The van der Waals surface area contributed by atoms with Crippen LogP contribution in [0.2, 0.25) is 0 Å². The SMILES string of the molecule is FCCN(CC1CC1)[C@H]1CC[C@H](CNc2nc(N3CCOCC3)cc(-n3c(C(F)F)nc4ccccc43)n2)CC1. The zero-order valence-corrected chi connectivity index (χ0v) is 22.8. The monoisotopic (exact) mass is 557 g/mol. The van der Waals surface area contributed by atoms with Crippen LogP contribution in [0.5, 0.6) is 0 Å². The Morgan fingerprint density at radius 1 is 0.950 bits per heavy atom. The lowest BCUT2D eigenvalue weighted by Gasteiger charge is -2.36. The Morgan fingerprint density at radius 2 is 1.68 bits per heavy atom. The molecule has 2 aromatic heterocycles. The molecule has 216 valence electrons. The summed E-state index contributed by atoms with van der Waals surface area (Å²) >= 11 is 0. The normalized spacial score (nSPS) is 22.0. The Morgan fingerprint density at radius 3 is 2.40 bits per heavy atom. The number of para-hydroxylation sites is 2. The van der Waals surface area contributed by atoms with Gasteiger partial charge >= 0.3 is 0 Å². The van der Waals surface area contributed by atoms with Crippen LogP contribution >= 0.6 is 0 Å². The lowest BCUT2D eigenvalue weighted by atomic mass is 9.85. The van der Waals surface area contributed by atoms with Crippen LogP contribution in [0, 0.1) is 11.8 Å². The number of aromatic nitrogens is 4. The summed E-state index contributed by atoms with van der Waals surface area (Å²) in [5, 5.41) is 3.43. The van der Waals surface area contributed by atoms with Crippen LogP contribution < -0.4 is 10.2 Å². The molecule has 1 aromatic carbocycles. The van der Waals surface area contributed by atoms with Gasteiger partial charge < -0.3 is 15.0 Å². The maximum atomic E-state index is 14.1. The molecular weight excluding hydrogens is 519 g/mol. The van der Waals surface area contributed by atoms with Crippen molar-refractivity contribution in [2.24, 2.45) is 11.8 Å². The molecular formula is C29H38F3N7O. The first-order valence-electron chi connectivity index (χ1n) is 14.6. The fourth-order valence-corrected chi connectivity index (χ4v) is 6.12. The summed E-state index contributed by atoms with van der Waals surface area (Å²) in [6.45, 7) is 4.50. The summed E-state index contributed by atoms with van der Waals surface area (Å²) < 4.78 is 48.4. The Kier molecular flexibility index (Phi) is 8.38. The van der Waals surface area contributed by atoms with E-state index in [1.807, 2.05) is 6.07 Å². The van der Waals surface area contributed by atoms with Gasteiger partial charge in [0.1, 0.15) is 18.3 Å². The molecule has 1 aliphatic heterocycles. The predicted octanol–water partition coefficient (Wildman–Crippen LogP) is 5.24. The van der Waals surface area contributed by atoms with Gasteiger partial charge in [-0.3, -0.25) is 9.47 Å². The molecule has 1 N–H and O–H groups in total. The van der Waals surface area contributed by atoms with Crippen LogP contribution in [-0.2, 0) is 4.74 Å². The highest BCUT2D eigenvalue weighted by Crippen LogP contribution is 2.34. The minimum absolute atomic E-state index is 0.285. The van der Waals surface area contributed by atoms with E-state index in [0.29, 0.717) is 80.0 Å². The molecule has 6 rings (SSSR count). The van der Waals surface area contributed by atoms with Gasteiger partial charge in [0.05, 0.1) is 24.2 Å². The number of morpholine rings is 1. The second-order valence-electron chi connectivity index (χ2n) is 11.3. The van der Waals surface area contributed by atoms with E-state index in [0.717, 1.165) is 38.1 Å². The van der Waals surface area contributed by atoms with Crippen LogP contribution in [-0.4, -0.2) is 83.1 Å². The molecule has 0 atom stereocenters. The lowest BCUT2D eigenvalue weighted by Crippen LogP contribution is -2.41. The van der Waals surface area contributed by atoms with Crippen molar-refractivity contribution >= 4 is 22.8 Å². The van der Waals surface area contributed by atoms with Crippen LogP contribution in [0.3, 0.4) is 0 Å². The van der Waals surface area contributed by atoms with Crippen LogP contribution in [0.25, 0.3) is 16.9 Å². The van der Waals surface area contributed by atoms with E-state index in [1.165, 1.54) is 17.4 Å². The minimum Gasteiger partial charge on any atom is -0.378 e. The molecule has 3 aliphatic rings. The van der Waals surface area contributed by atoms with Crippen molar-refractivity contribution in [3.8, 4) is 5.82 Å². The number of rotatable bonds is 11. The van der Waals surface area contributed by atoms with Crippen molar-refractivity contribution in [1.29, 1.82) is 0 Å². The number of nitrogens with one attached hydrogen (secondary N) is 1. The van der Waals surface area contributed by atoms with Gasteiger partial charge in [-0.2, -0.15) is 9.97 Å². The van der Waals surface area contributed by atoms with E-state index >= 15 is 0 Å². The summed E-state index contributed by atoms with van der Waals surface area (Å²) in [6.07, 6.45) is 4.06. The second-order valence-corrected chi connectivity index (χ2v) is 11.3. The lowest BCUT2D eigenvalue weighted by molar-refractivity contribution is 0.122. The molecule has 0 radical (unpaired) electrons. The highest BCUT2D eigenvalue weighted by Gasteiger charge is 2.31. The first kappa shape index (κ1) is 27.3. The molecule has 0 spiro atoms. The van der Waals surface area contributed by atoms with Crippen molar-refractivity contribution in [1.82, 2.24) is 24.4 Å². The number of ether oxygens (including phenoxy) is 1. The van der Waals surface area contributed by atoms with E-state index in [9.17, 15) is 13.2 Å². The molecule has 0 amide bonds. The molecule has 1 saturated heterocycles. The van der Waals surface area contributed by atoms with Crippen LogP contribution in [0.15, 0.2) is 30.3 Å². The molecule has 3 fully saturated rings. The van der Waals surface area contributed by atoms with E-state index in [4.69, 9.17) is 14.7 Å². The van der Waals surface area contributed by atoms with Gasteiger partial charge in [-0.05, 0) is 62.5 Å². The fraction of sp³-hybridized carbons (Fsp3) is 0.621. The standard InChI is InChI=1S/C29H38F3N7O/c30-11-12-38(19-21-5-6-21)22-9-7-20(8-10-22)18-33-29-35-25(37-13-15-40-16-14-37)17-26(36-29)39-24-4-2-1-3-23(24)34-28(39)27(31)32/h1-4,17,20-22,27H,5-16,18-19H2,(H,33,35,36)/t20-,22-. The third-order valence-corrected chi connectivity index (χ3v) is 8.49. The van der Waals surface area contributed by atoms with Gasteiger partial charge in [0, 0.05) is 44.8 Å². The minimum atomic E-state index is -2.75. The molecule has 2 saturated carbocycles. The molecule has 3 heterocycles. The molecule has 8 nitrogen and oxygen atoms in total. The predicted molar refractivity (Wildman–Crippen MR) is 149 cm³/mol. The molecule has 0 unspecified atom stereocenters. The number of hydrogen-bond donors (Lipinski definition) is 1. The Balaban J connectivity index is 1.21. The Hall–Kier alpha value is -2.92. The molecule has 0 bridgehead atoms. The average molecular weight is 558 g/mol. The van der Waals surface area contributed by atoms with Crippen molar-refractivity contribution in [3.05, 3.63) is 36.2 Å². The highest BCUT2D eigenvalue weighted by atomic mass is 19.3. The summed E-state index contributed by atoms with van der Waals surface area (Å²) in [5.74, 6) is 2.35. The average Bonchev–Trinajstić information content (AvgIpc) is 3.72. The van der Waals surface area contributed by atoms with Crippen molar-refractivity contribution in [3.63, 3.8) is 0 Å². The number of halogens is 3. The van der Waals surface area contributed by atoms with Gasteiger partial charge in [-0.15, -0.1) is 0 Å². The molecule has 11 heteroatoms. The Bertz CT molecular complexity index is 1270. The summed E-state index contributed by atoms with van der Waals surface area (Å²) in [7, 11) is 0. The summed E-state index contributed by atoms with van der Waals surface area (Å²) in [4.78, 5) is 18.2. The number of alkyl halides is 3. The largest absolute Gasteiger partial charge is 0.378 e. The zero-order chi connectivity index (χ0) is 27.5. The third kappa shape index (κ3) is 6.20. The quantitative estimate of drug-likeness (QED) is 0.346. The number of hydrogen-bond acceptors (Lipinski definition) is 7. The van der Waals surface area contributed by atoms with Gasteiger partial charge in [0.25, 0.3) is 6.43 Å². The van der Waals surface area contributed by atoms with Crippen LogP contribution in [0.4, 0.5) is 24.9 Å². The van der Waals surface area contributed by atoms with E-state index in [1.54, 1.807) is 24.3 Å². The molecule has 2 aliphatic carbocycles. The van der Waals surface area contributed by atoms with Gasteiger partial charge in [-0.25, -0.2) is 18.2 Å². The third-order valence-electron chi connectivity index (χ3n) is 8.49. The summed E-state index contributed by atoms with van der Waals surface area (Å²) in [6, 6.07) is 9.35. The zero-order valence-electron chi connectivity index (χ0n) is 22.8. The number of imidazole rings is 1. The van der Waals surface area contributed by atoms with E-state index < -0.39 is 6.43 Å². The molecule has 3 aromatic rings. The fourth-order valence-electron chi connectivity index (χ4n) is 6.12. The number of anilines is 2. The van der Waals surface area contributed by atoms with Gasteiger partial charge in [-0.1, -0.05) is 12.1 Å². The van der Waals surface area contributed by atoms with Gasteiger partial charge in [0.15, 0.2) is 5.82 Å². The van der Waals surface area contributed by atoms with Crippen LogP contribution in [0.1, 0.15) is 50.8 Å². The summed E-state index contributed by atoms with van der Waals surface area (Å²) in [5.41, 5.74) is 1.08. The number of nitrogens with zero attached hydrogens (tertiary/aromatic N) is 6. The second kappa shape index (κ2) is 12.3.